The third-order valence-electron chi connectivity index (χ3n) is 0. The summed E-state index contributed by atoms with van der Waals surface area (Å²) in [4.78, 5) is 0. The normalized spacial score (nSPS) is 8.31. The average Bonchev–Trinajstić information content (AvgIpc) is 1.54. The van der Waals surface area contributed by atoms with Crippen molar-refractivity contribution in [3.05, 3.63) is 0 Å². The predicted molar refractivity (Wildman–Crippen MR) is 63.8 cm³/mol. The molecule has 0 aromatic heterocycles. The van der Waals surface area contributed by atoms with Crippen molar-refractivity contribution in [3.63, 3.8) is 0 Å². The van der Waals surface area contributed by atoms with Gasteiger partial charge >= 0.3 is 24.4 Å². The summed E-state index contributed by atoms with van der Waals surface area (Å²) >= 11 is 0. The molecule has 92 valence electrons. The van der Waals surface area contributed by atoms with Crippen molar-refractivity contribution in [3.8, 4) is 0 Å². The summed E-state index contributed by atoms with van der Waals surface area (Å²) in [6.45, 7) is 9.67. The topological polar surface area (TPSA) is 69.2 Å². The van der Waals surface area contributed by atoms with E-state index in [-0.39, 0.29) is 33.0 Å². The molecular formula is C9H33O3Sb. The van der Waals surface area contributed by atoms with Gasteiger partial charge in [0, 0.05) is 8.56 Å². The van der Waals surface area contributed by atoms with Crippen LogP contribution >= 0.6 is 0 Å². The van der Waals surface area contributed by atoms with Crippen LogP contribution < -0.4 is 15.3 Å². The monoisotopic (exact) mass is 310 g/mol. The van der Waals surface area contributed by atoms with Gasteiger partial charge in [-0.25, -0.2) is 0 Å². The molecule has 0 atom stereocenters. The maximum atomic E-state index is 9.53. The standard InChI is InChI=1S/3C3H7O.Sb.6H2/c3*1-3(2)4;;;;;;;/h3*3H,1-2H3;;6*1H/q3*-1;+3;;;;;;. The van der Waals surface area contributed by atoms with Gasteiger partial charge in [0.2, 0.25) is 0 Å². The van der Waals surface area contributed by atoms with E-state index >= 15 is 0 Å². The zero-order valence-electron chi connectivity index (χ0n) is 9.40. The number of rotatable bonds is 0. The molecule has 0 spiro atoms. The van der Waals surface area contributed by atoms with Crippen LogP contribution in [0.25, 0.3) is 0 Å². The molecule has 0 N–H and O–H groups in total. The zero-order valence-corrected chi connectivity index (χ0v) is 12.0. The van der Waals surface area contributed by atoms with Crippen molar-refractivity contribution in [2.24, 2.45) is 0 Å². The van der Waals surface area contributed by atoms with Gasteiger partial charge in [0.1, 0.15) is 0 Å². The first-order valence-corrected chi connectivity index (χ1v) is 4.17. The van der Waals surface area contributed by atoms with E-state index in [0.29, 0.717) is 0 Å². The van der Waals surface area contributed by atoms with E-state index in [1.165, 1.54) is 0 Å². The van der Waals surface area contributed by atoms with Crippen LogP contribution in [0.3, 0.4) is 0 Å². The summed E-state index contributed by atoms with van der Waals surface area (Å²) in [6.07, 6.45) is -1.25. The molecule has 13 heavy (non-hydrogen) atoms. The maximum absolute atomic E-state index is 9.53. The van der Waals surface area contributed by atoms with E-state index in [1.54, 1.807) is 41.5 Å². The Bertz CT molecular complexity index is 60.4. The minimum Gasteiger partial charge on any atom is -0.852 e. The molecule has 0 aliphatic heterocycles. The van der Waals surface area contributed by atoms with Gasteiger partial charge in [0.25, 0.3) is 0 Å². The molecular weight excluding hydrogens is 278 g/mol. The summed E-state index contributed by atoms with van der Waals surface area (Å²) in [7, 11) is 0. The third kappa shape index (κ3) is 2980. The second-order valence-corrected chi connectivity index (χ2v) is 3.15. The van der Waals surface area contributed by atoms with Crippen molar-refractivity contribution in [1.82, 2.24) is 0 Å². The molecule has 0 aliphatic rings. The van der Waals surface area contributed by atoms with Gasteiger partial charge in [-0.1, -0.05) is 41.5 Å². The van der Waals surface area contributed by atoms with Crippen LogP contribution in [0, 0.1) is 0 Å². The minimum atomic E-state index is -0.417. The Balaban J connectivity index is -0.00000000675. The maximum Gasteiger partial charge on any atom is 3.00 e. The van der Waals surface area contributed by atoms with E-state index in [4.69, 9.17) is 0 Å². The molecule has 0 rings (SSSR count). The largest absolute Gasteiger partial charge is 3.00 e. The molecule has 0 aliphatic carbocycles. The third-order valence-corrected chi connectivity index (χ3v) is 0. The first kappa shape index (κ1) is 23.5. The second kappa shape index (κ2) is 18.5. The average molecular weight is 311 g/mol. The minimum absolute atomic E-state index is 0. The van der Waals surface area contributed by atoms with Gasteiger partial charge in [0.05, 0.1) is 0 Å². The van der Waals surface area contributed by atoms with Gasteiger partial charge in [-0.3, -0.25) is 0 Å². The molecule has 0 unspecified atom stereocenters. The fourth-order valence-electron chi connectivity index (χ4n) is 0. The van der Waals surface area contributed by atoms with Crippen molar-refractivity contribution in [2.75, 3.05) is 0 Å². The number of hydrogen-bond acceptors (Lipinski definition) is 3. The SMILES string of the molecule is CC(C)[O-].CC(C)[O-].CC(C)[O-].[HH].[HH].[HH].[HH].[HH].[HH].[Sb+3]. The Morgan fingerprint density at radius 2 is 0.615 bits per heavy atom. The Morgan fingerprint density at radius 1 is 0.615 bits per heavy atom. The van der Waals surface area contributed by atoms with Gasteiger partial charge in [0.15, 0.2) is 0 Å². The van der Waals surface area contributed by atoms with E-state index < -0.39 is 18.3 Å². The van der Waals surface area contributed by atoms with Crippen LogP contribution in [0.15, 0.2) is 0 Å². The summed E-state index contributed by atoms with van der Waals surface area (Å²) < 4.78 is 0. The van der Waals surface area contributed by atoms with Crippen LogP contribution in [0.5, 0.6) is 0 Å². The number of hydrogen-bond donors (Lipinski definition) is 0. The Kier molecular flexibility index (Phi) is 33.4. The van der Waals surface area contributed by atoms with Crippen LogP contribution in [0.2, 0.25) is 0 Å². The van der Waals surface area contributed by atoms with Crippen molar-refractivity contribution >= 4 is 24.4 Å². The molecule has 0 amide bonds. The fourth-order valence-corrected chi connectivity index (χ4v) is 0. The van der Waals surface area contributed by atoms with E-state index in [2.05, 4.69) is 0 Å². The molecule has 0 bridgehead atoms. The summed E-state index contributed by atoms with van der Waals surface area (Å²) in [5.41, 5.74) is 0. The van der Waals surface area contributed by atoms with Crippen LogP contribution in [0.4, 0.5) is 0 Å². The quantitative estimate of drug-likeness (QED) is 0.607. The molecule has 0 heterocycles. The Morgan fingerprint density at radius 3 is 0.615 bits per heavy atom. The first-order valence-electron chi connectivity index (χ1n) is 4.17. The molecule has 2 radical (unpaired) electrons. The molecule has 4 heteroatoms. The summed E-state index contributed by atoms with van der Waals surface area (Å²) in [5, 5.41) is 28.6. The van der Waals surface area contributed by atoms with Gasteiger partial charge in [-0.2, -0.15) is 0 Å². The Hall–Kier alpha value is 0.698. The van der Waals surface area contributed by atoms with E-state index in [1.807, 2.05) is 0 Å². The van der Waals surface area contributed by atoms with Gasteiger partial charge < -0.3 is 15.3 Å². The molecule has 0 aromatic rings. The van der Waals surface area contributed by atoms with Crippen molar-refractivity contribution < 1.29 is 23.9 Å². The first-order chi connectivity index (χ1) is 5.20. The molecule has 0 saturated heterocycles. The van der Waals surface area contributed by atoms with Crippen molar-refractivity contribution in [2.45, 2.75) is 59.9 Å². The van der Waals surface area contributed by atoms with Gasteiger partial charge in [-0.05, 0) is 0 Å². The molecule has 0 fully saturated rings. The van der Waals surface area contributed by atoms with Crippen LogP contribution in [-0.4, -0.2) is 42.7 Å². The van der Waals surface area contributed by atoms with Crippen LogP contribution in [-0.2, 0) is 0 Å². The van der Waals surface area contributed by atoms with E-state index in [0.717, 1.165) is 0 Å². The molecule has 3 nitrogen and oxygen atoms in total. The van der Waals surface area contributed by atoms with Crippen molar-refractivity contribution in [1.29, 1.82) is 0 Å². The van der Waals surface area contributed by atoms with E-state index in [9.17, 15) is 15.3 Å². The molecule has 0 saturated carbocycles. The van der Waals surface area contributed by atoms with Gasteiger partial charge in [-0.15, -0.1) is 18.3 Å². The smallest absolute Gasteiger partial charge is 0.852 e. The molecule has 0 aromatic carbocycles. The summed E-state index contributed by atoms with van der Waals surface area (Å²) in [5.74, 6) is 0. The summed E-state index contributed by atoms with van der Waals surface area (Å²) in [6, 6.07) is 0. The fraction of sp³-hybridized carbons (Fsp3) is 1.00. The second-order valence-electron chi connectivity index (χ2n) is 3.15. The Labute approximate surface area is 109 Å². The zero-order chi connectivity index (χ0) is 10.7. The predicted octanol–water partition coefficient (Wildman–Crippen LogP) is 0.361. The van der Waals surface area contributed by atoms with Crippen LogP contribution in [0.1, 0.15) is 50.1 Å².